The smallest absolute Gasteiger partial charge is 0.127 e. The number of nitrogens with two attached hydrogens (primary N) is 1. The highest BCUT2D eigenvalue weighted by atomic mass is 19.1. The van der Waals surface area contributed by atoms with Crippen LogP contribution in [0.1, 0.15) is 18.2 Å². The Hall–Kier alpha value is -1.48. The van der Waals surface area contributed by atoms with E-state index >= 15 is 0 Å². The average molecular weight is 204 g/mol. The number of aromatic nitrogens is 1. The first kappa shape index (κ1) is 10.1. The molecule has 0 saturated heterocycles. The Morgan fingerprint density at radius 1 is 1.27 bits per heavy atom. The molecular weight excluding hydrogens is 191 g/mol. The largest absolute Gasteiger partial charge is 0.330 e. The van der Waals surface area contributed by atoms with E-state index in [1.165, 1.54) is 0 Å². The Morgan fingerprint density at radius 3 is 2.93 bits per heavy atom. The molecule has 0 amide bonds. The van der Waals surface area contributed by atoms with Crippen LogP contribution in [0.5, 0.6) is 0 Å². The molecule has 0 aliphatic rings. The van der Waals surface area contributed by atoms with Gasteiger partial charge in [-0.25, -0.2) is 4.39 Å². The van der Waals surface area contributed by atoms with Gasteiger partial charge in [-0.2, -0.15) is 0 Å². The molecule has 15 heavy (non-hydrogen) atoms. The third-order valence-electron chi connectivity index (χ3n) is 2.44. The fourth-order valence-electron chi connectivity index (χ4n) is 1.70. The average Bonchev–Trinajstić information content (AvgIpc) is 2.28. The molecule has 2 N–H and O–H groups in total. The van der Waals surface area contributed by atoms with E-state index in [1.54, 1.807) is 12.3 Å². The third-order valence-corrected chi connectivity index (χ3v) is 2.44. The number of alkyl halides is 1. The van der Waals surface area contributed by atoms with Crippen molar-refractivity contribution in [1.82, 2.24) is 4.98 Å². The quantitative estimate of drug-likeness (QED) is 0.834. The summed E-state index contributed by atoms with van der Waals surface area (Å²) < 4.78 is 13.8. The number of benzene rings is 1. The van der Waals surface area contributed by atoms with Crippen LogP contribution in [0, 0.1) is 0 Å². The molecule has 1 aromatic heterocycles. The molecule has 0 radical (unpaired) electrons. The molecular formula is C12H13FN2. The number of nitrogens with zero attached hydrogens (tertiary/aromatic N) is 1. The zero-order valence-corrected chi connectivity index (χ0v) is 8.36. The van der Waals surface area contributed by atoms with E-state index in [1.807, 2.05) is 24.3 Å². The zero-order chi connectivity index (χ0) is 10.7. The Bertz CT molecular complexity index is 451. The summed E-state index contributed by atoms with van der Waals surface area (Å²) in [4.78, 5) is 4.19. The Kier molecular flexibility index (Phi) is 2.92. The highest BCUT2D eigenvalue weighted by molar-refractivity contribution is 5.82. The maximum absolute atomic E-state index is 13.8. The first-order valence-corrected chi connectivity index (χ1v) is 5.00. The van der Waals surface area contributed by atoms with E-state index in [9.17, 15) is 4.39 Å². The molecule has 2 aromatic rings. The van der Waals surface area contributed by atoms with Crippen LogP contribution in [0.4, 0.5) is 4.39 Å². The zero-order valence-electron chi connectivity index (χ0n) is 8.36. The van der Waals surface area contributed by atoms with Gasteiger partial charge in [0, 0.05) is 11.6 Å². The van der Waals surface area contributed by atoms with E-state index in [-0.39, 0.29) is 0 Å². The van der Waals surface area contributed by atoms with E-state index in [0.29, 0.717) is 18.5 Å². The second kappa shape index (κ2) is 4.36. The summed E-state index contributed by atoms with van der Waals surface area (Å²) in [7, 11) is 0. The molecule has 1 aromatic carbocycles. The van der Waals surface area contributed by atoms with Gasteiger partial charge in [0.05, 0.1) is 5.52 Å². The monoisotopic (exact) mass is 204 g/mol. The lowest BCUT2D eigenvalue weighted by molar-refractivity contribution is 0.330. The summed E-state index contributed by atoms with van der Waals surface area (Å²) in [6.07, 6.45) is 1.07. The minimum atomic E-state index is -0.997. The minimum absolute atomic E-state index is 0.355. The topological polar surface area (TPSA) is 38.9 Å². The van der Waals surface area contributed by atoms with Crippen LogP contribution < -0.4 is 5.73 Å². The van der Waals surface area contributed by atoms with Crippen LogP contribution in [-0.4, -0.2) is 11.5 Å². The van der Waals surface area contributed by atoms with Crippen LogP contribution in [0.3, 0.4) is 0 Å². The number of halogens is 1. The van der Waals surface area contributed by atoms with Gasteiger partial charge in [0.25, 0.3) is 0 Å². The molecule has 0 fully saturated rings. The summed E-state index contributed by atoms with van der Waals surface area (Å²) in [6.45, 7) is 0.359. The van der Waals surface area contributed by atoms with E-state index in [0.717, 1.165) is 10.9 Å². The SMILES string of the molecule is NCCC(F)c1cccc2ncccc12. The van der Waals surface area contributed by atoms with Crippen LogP contribution in [-0.2, 0) is 0 Å². The minimum Gasteiger partial charge on any atom is -0.330 e. The van der Waals surface area contributed by atoms with Gasteiger partial charge in [-0.15, -0.1) is 0 Å². The standard InChI is InChI=1S/C12H13FN2/c13-11(6-7-14)9-3-1-5-12-10(9)4-2-8-15-12/h1-5,8,11H,6-7,14H2. The normalized spacial score (nSPS) is 12.9. The van der Waals surface area contributed by atoms with Gasteiger partial charge >= 0.3 is 0 Å². The van der Waals surface area contributed by atoms with Crippen molar-refractivity contribution in [3.05, 3.63) is 42.1 Å². The molecule has 2 rings (SSSR count). The van der Waals surface area contributed by atoms with Crippen molar-refractivity contribution in [2.24, 2.45) is 5.73 Å². The third kappa shape index (κ3) is 1.97. The number of hydrogen-bond acceptors (Lipinski definition) is 2. The molecule has 3 heteroatoms. The van der Waals surface area contributed by atoms with Crippen LogP contribution in [0.25, 0.3) is 10.9 Å². The second-order valence-electron chi connectivity index (χ2n) is 3.46. The molecule has 78 valence electrons. The lowest BCUT2D eigenvalue weighted by Crippen LogP contribution is -2.04. The maximum atomic E-state index is 13.8. The first-order chi connectivity index (χ1) is 7.33. The van der Waals surface area contributed by atoms with Gasteiger partial charge < -0.3 is 5.73 Å². The van der Waals surface area contributed by atoms with Crippen LogP contribution in [0.15, 0.2) is 36.5 Å². The predicted octanol–water partition coefficient (Wildman–Crippen LogP) is 2.59. The molecule has 0 aliphatic carbocycles. The molecule has 0 bridgehead atoms. The molecule has 1 unspecified atom stereocenters. The fourth-order valence-corrected chi connectivity index (χ4v) is 1.70. The van der Waals surface area contributed by atoms with Crippen molar-refractivity contribution in [2.75, 3.05) is 6.54 Å². The van der Waals surface area contributed by atoms with Crippen molar-refractivity contribution in [3.8, 4) is 0 Å². The van der Waals surface area contributed by atoms with Crippen LogP contribution >= 0.6 is 0 Å². The van der Waals surface area contributed by atoms with Gasteiger partial charge in [-0.1, -0.05) is 18.2 Å². The number of rotatable bonds is 3. The summed E-state index contributed by atoms with van der Waals surface area (Å²) in [6, 6.07) is 9.22. The van der Waals surface area contributed by atoms with Crippen molar-refractivity contribution in [1.29, 1.82) is 0 Å². The van der Waals surface area contributed by atoms with Gasteiger partial charge in [0.15, 0.2) is 0 Å². The van der Waals surface area contributed by atoms with Crippen molar-refractivity contribution >= 4 is 10.9 Å². The van der Waals surface area contributed by atoms with Crippen molar-refractivity contribution in [3.63, 3.8) is 0 Å². The second-order valence-corrected chi connectivity index (χ2v) is 3.46. The number of pyridine rings is 1. The summed E-state index contributed by atoms with van der Waals surface area (Å²) in [5.74, 6) is 0. The lowest BCUT2D eigenvalue weighted by Gasteiger charge is -2.09. The van der Waals surface area contributed by atoms with E-state index in [4.69, 9.17) is 5.73 Å². The van der Waals surface area contributed by atoms with E-state index < -0.39 is 6.17 Å². The fraction of sp³-hybridized carbons (Fsp3) is 0.250. The molecule has 0 saturated carbocycles. The lowest BCUT2D eigenvalue weighted by atomic mass is 10.0. The Labute approximate surface area is 87.9 Å². The van der Waals surface area contributed by atoms with Gasteiger partial charge in [-0.05, 0) is 30.7 Å². The van der Waals surface area contributed by atoms with Gasteiger partial charge in [0.2, 0.25) is 0 Å². The first-order valence-electron chi connectivity index (χ1n) is 5.00. The van der Waals surface area contributed by atoms with Gasteiger partial charge in [-0.3, -0.25) is 4.98 Å². The summed E-state index contributed by atoms with van der Waals surface area (Å²) >= 11 is 0. The highest BCUT2D eigenvalue weighted by Gasteiger charge is 2.11. The maximum Gasteiger partial charge on any atom is 0.127 e. The van der Waals surface area contributed by atoms with E-state index in [2.05, 4.69) is 4.98 Å². The number of fused-ring (bicyclic) bond motifs is 1. The summed E-state index contributed by atoms with van der Waals surface area (Å²) in [5, 5.41) is 0.876. The Balaban J connectivity index is 2.50. The highest BCUT2D eigenvalue weighted by Crippen LogP contribution is 2.27. The number of hydrogen-bond donors (Lipinski definition) is 1. The predicted molar refractivity (Wildman–Crippen MR) is 59.3 cm³/mol. The summed E-state index contributed by atoms with van der Waals surface area (Å²) in [5.41, 5.74) is 6.87. The molecule has 0 spiro atoms. The molecule has 2 nitrogen and oxygen atoms in total. The van der Waals surface area contributed by atoms with Crippen LogP contribution in [0.2, 0.25) is 0 Å². The molecule has 1 atom stereocenters. The van der Waals surface area contributed by atoms with Gasteiger partial charge in [0.1, 0.15) is 6.17 Å². The Morgan fingerprint density at radius 2 is 2.13 bits per heavy atom. The van der Waals surface area contributed by atoms with Crippen molar-refractivity contribution < 1.29 is 4.39 Å². The molecule has 0 aliphatic heterocycles. The molecule has 1 heterocycles. The van der Waals surface area contributed by atoms with Crippen molar-refractivity contribution in [2.45, 2.75) is 12.6 Å².